The molecule has 0 N–H and O–H groups in total. The normalized spacial score (nSPS) is 25.2. The van der Waals surface area contributed by atoms with Gasteiger partial charge in [0.1, 0.15) is 6.04 Å². The number of carbonyl (C=O) groups is 2. The molecule has 136 valence electrons. The topological polar surface area (TPSA) is 46.6 Å². The third-order valence-corrected chi connectivity index (χ3v) is 6.17. The number of carbonyl (C=O) groups excluding carboxylic acids is 2. The molecule has 2 aliphatic rings. The van der Waals surface area contributed by atoms with E-state index in [-0.39, 0.29) is 17.9 Å². The quantitative estimate of drug-likeness (QED) is 0.766. The van der Waals surface area contributed by atoms with E-state index in [1.54, 1.807) is 0 Å². The summed E-state index contributed by atoms with van der Waals surface area (Å²) in [5, 5.41) is 2.05. The van der Waals surface area contributed by atoms with E-state index in [0.717, 1.165) is 42.0 Å². The SMILES string of the molecule is COC(=O)[C@@H]1C[C@@H]2CCCC[C@@H]2N1C(=O)c1ccc(C)c2ccccc12. The van der Waals surface area contributed by atoms with E-state index in [4.69, 9.17) is 4.74 Å². The number of likely N-dealkylation sites (tertiary alicyclic amines) is 1. The molecule has 1 heterocycles. The first-order valence-corrected chi connectivity index (χ1v) is 9.50. The van der Waals surface area contributed by atoms with E-state index < -0.39 is 6.04 Å². The van der Waals surface area contributed by atoms with Crippen molar-refractivity contribution in [2.24, 2.45) is 5.92 Å². The fourth-order valence-corrected chi connectivity index (χ4v) is 4.87. The van der Waals surface area contributed by atoms with Crippen molar-refractivity contribution in [3.05, 3.63) is 47.5 Å². The number of ether oxygens (including phenoxy) is 1. The van der Waals surface area contributed by atoms with Gasteiger partial charge in [0.05, 0.1) is 7.11 Å². The minimum absolute atomic E-state index is 0.0361. The molecule has 2 aromatic carbocycles. The number of hydrogen-bond donors (Lipinski definition) is 0. The molecule has 4 rings (SSSR count). The number of esters is 1. The summed E-state index contributed by atoms with van der Waals surface area (Å²) in [4.78, 5) is 27.8. The number of hydrogen-bond acceptors (Lipinski definition) is 3. The smallest absolute Gasteiger partial charge is 0.328 e. The summed E-state index contributed by atoms with van der Waals surface area (Å²) in [6.45, 7) is 2.06. The van der Waals surface area contributed by atoms with Crippen molar-refractivity contribution in [3.8, 4) is 0 Å². The van der Waals surface area contributed by atoms with Crippen LogP contribution in [0.25, 0.3) is 10.8 Å². The number of rotatable bonds is 2. The van der Waals surface area contributed by atoms with Crippen LogP contribution in [0, 0.1) is 12.8 Å². The predicted octanol–water partition coefficient (Wildman–Crippen LogP) is 4.09. The molecule has 2 aromatic rings. The van der Waals surface area contributed by atoms with Gasteiger partial charge < -0.3 is 9.64 Å². The highest BCUT2D eigenvalue weighted by molar-refractivity contribution is 6.09. The number of fused-ring (bicyclic) bond motifs is 2. The average molecular weight is 351 g/mol. The molecule has 4 heteroatoms. The number of amides is 1. The Morgan fingerprint density at radius 2 is 1.77 bits per heavy atom. The third-order valence-electron chi connectivity index (χ3n) is 6.17. The van der Waals surface area contributed by atoms with Crippen molar-refractivity contribution in [3.63, 3.8) is 0 Å². The molecule has 1 aliphatic heterocycles. The van der Waals surface area contributed by atoms with Gasteiger partial charge in [0, 0.05) is 11.6 Å². The van der Waals surface area contributed by atoms with Crippen LogP contribution in [0.3, 0.4) is 0 Å². The van der Waals surface area contributed by atoms with Crippen LogP contribution in [0.5, 0.6) is 0 Å². The highest BCUT2D eigenvalue weighted by Gasteiger charge is 2.48. The summed E-state index contributed by atoms with van der Waals surface area (Å²) >= 11 is 0. The summed E-state index contributed by atoms with van der Waals surface area (Å²) in [5.74, 6) is 0.0867. The van der Waals surface area contributed by atoms with Crippen molar-refractivity contribution < 1.29 is 14.3 Å². The molecule has 0 aromatic heterocycles. The highest BCUT2D eigenvalue weighted by Crippen LogP contribution is 2.41. The Bertz CT molecular complexity index is 860. The van der Waals surface area contributed by atoms with Gasteiger partial charge in [-0.05, 0) is 54.5 Å². The lowest BCUT2D eigenvalue weighted by Crippen LogP contribution is -2.46. The summed E-state index contributed by atoms with van der Waals surface area (Å²) in [6.07, 6.45) is 5.11. The summed E-state index contributed by atoms with van der Waals surface area (Å²) < 4.78 is 5.03. The lowest BCUT2D eigenvalue weighted by Gasteiger charge is -2.33. The van der Waals surface area contributed by atoms with Gasteiger partial charge in [-0.15, -0.1) is 0 Å². The fraction of sp³-hybridized carbons (Fsp3) is 0.455. The van der Waals surface area contributed by atoms with E-state index in [1.165, 1.54) is 13.5 Å². The van der Waals surface area contributed by atoms with Crippen LogP contribution < -0.4 is 0 Å². The first-order chi connectivity index (χ1) is 12.6. The second kappa shape index (κ2) is 6.75. The number of benzene rings is 2. The summed E-state index contributed by atoms with van der Waals surface area (Å²) in [7, 11) is 1.41. The van der Waals surface area contributed by atoms with E-state index >= 15 is 0 Å². The van der Waals surface area contributed by atoms with Gasteiger partial charge in [0.15, 0.2) is 0 Å². The Kier molecular flexibility index (Phi) is 4.43. The molecule has 26 heavy (non-hydrogen) atoms. The monoisotopic (exact) mass is 351 g/mol. The molecule has 1 amide bonds. The van der Waals surface area contributed by atoms with Crippen molar-refractivity contribution in [2.75, 3.05) is 7.11 Å². The van der Waals surface area contributed by atoms with Crippen molar-refractivity contribution in [1.29, 1.82) is 0 Å². The average Bonchev–Trinajstić information content (AvgIpc) is 3.07. The zero-order chi connectivity index (χ0) is 18.3. The van der Waals surface area contributed by atoms with Crippen LogP contribution in [0.4, 0.5) is 0 Å². The molecule has 0 spiro atoms. The second-order valence-corrected chi connectivity index (χ2v) is 7.57. The van der Waals surface area contributed by atoms with Crippen LogP contribution >= 0.6 is 0 Å². The lowest BCUT2D eigenvalue weighted by atomic mass is 9.84. The van der Waals surface area contributed by atoms with E-state index in [0.29, 0.717) is 11.5 Å². The van der Waals surface area contributed by atoms with Crippen LogP contribution in [0.2, 0.25) is 0 Å². The van der Waals surface area contributed by atoms with E-state index in [1.807, 2.05) is 41.3 Å². The molecule has 1 aliphatic carbocycles. The second-order valence-electron chi connectivity index (χ2n) is 7.57. The zero-order valence-corrected chi connectivity index (χ0v) is 15.4. The maximum Gasteiger partial charge on any atom is 0.328 e. The largest absolute Gasteiger partial charge is 0.467 e. The first kappa shape index (κ1) is 17.1. The van der Waals surface area contributed by atoms with Gasteiger partial charge in [-0.1, -0.05) is 43.2 Å². The van der Waals surface area contributed by atoms with Crippen LogP contribution in [0.1, 0.15) is 48.0 Å². The molecule has 2 fully saturated rings. The van der Waals surface area contributed by atoms with Crippen LogP contribution in [0.15, 0.2) is 36.4 Å². The molecule has 0 unspecified atom stereocenters. The fourth-order valence-electron chi connectivity index (χ4n) is 4.87. The third kappa shape index (κ3) is 2.68. The van der Waals surface area contributed by atoms with E-state index in [2.05, 4.69) is 6.92 Å². The number of aryl methyl sites for hydroxylation is 1. The Hall–Kier alpha value is -2.36. The van der Waals surface area contributed by atoms with Crippen LogP contribution in [-0.2, 0) is 9.53 Å². The maximum atomic E-state index is 13.6. The first-order valence-electron chi connectivity index (χ1n) is 9.50. The van der Waals surface area contributed by atoms with Crippen molar-refractivity contribution in [2.45, 2.75) is 51.1 Å². The molecule has 0 bridgehead atoms. The van der Waals surface area contributed by atoms with Gasteiger partial charge in [-0.3, -0.25) is 4.79 Å². The van der Waals surface area contributed by atoms with Crippen molar-refractivity contribution in [1.82, 2.24) is 4.90 Å². The summed E-state index contributed by atoms with van der Waals surface area (Å²) in [6, 6.07) is 11.6. The lowest BCUT2D eigenvalue weighted by molar-refractivity contribution is -0.145. The summed E-state index contributed by atoms with van der Waals surface area (Å²) in [5.41, 5.74) is 1.84. The molecular formula is C22H25NO3. The molecule has 1 saturated heterocycles. The molecule has 3 atom stereocenters. The van der Waals surface area contributed by atoms with Gasteiger partial charge >= 0.3 is 5.97 Å². The minimum atomic E-state index is -0.458. The number of methoxy groups -OCH3 is 1. The Morgan fingerprint density at radius 1 is 1.04 bits per heavy atom. The predicted molar refractivity (Wildman–Crippen MR) is 101 cm³/mol. The van der Waals surface area contributed by atoms with Crippen molar-refractivity contribution >= 4 is 22.6 Å². The van der Waals surface area contributed by atoms with Gasteiger partial charge in [-0.25, -0.2) is 4.79 Å². The Labute approximate surface area is 154 Å². The number of nitrogens with zero attached hydrogens (tertiary/aromatic N) is 1. The standard InChI is InChI=1S/C22H25NO3/c1-14-11-12-18(17-9-5-4-8-16(14)17)21(24)23-19-10-6-3-7-15(19)13-20(23)22(25)26-2/h4-5,8-9,11-12,15,19-20H,3,6-7,10,13H2,1-2H3/t15-,19-,20-/m0/s1. The molecule has 0 radical (unpaired) electrons. The molecule has 1 saturated carbocycles. The zero-order valence-electron chi connectivity index (χ0n) is 15.4. The van der Waals surface area contributed by atoms with Crippen LogP contribution in [-0.4, -0.2) is 36.0 Å². The Balaban J connectivity index is 1.78. The van der Waals surface area contributed by atoms with E-state index in [9.17, 15) is 9.59 Å². The highest BCUT2D eigenvalue weighted by atomic mass is 16.5. The van der Waals surface area contributed by atoms with Gasteiger partial charge in [-0.2, -0.15) is 0 Å². The molecular weight excluding hydrogens is 326 g/mol. The molecule has 4 nitrogen and oxygen atoms in total. The maximum absolute atomic E-state index is 13.6. The van der Waals surface area contributed by atoms with Gasteiger partial charge in [0.2, 0.25) is 0 Å². The van der Waals surface area contributed by atoms with Gasteiger partial charge in [0.25, 0.3) is 5.91 Å². The Morgan fingerprint density at radius 3 is 2.54 bits per heavy atom. The minimum Gasteiger partial charge on any atom is -0.467 e.